The number of esters is 1. The lowest BCUT2D eigenvalue weighted by Crippen LogP contribution is -2.62. The first-order chi connectivity index (χ1) is 25.2. The van der Waals surface area contributed by atoms with E-state index in [1.165, 1.54) is 14.0 Å². The molecule has 0 spiro atoms. The Balaban J connectivity index is 2.26. The van der Waals surface area contributed by atoms with Gasteiger partial charge >= 0.3 is 5.97 Å². The van der Waals surface area contributed by atoms with Gasteiger partial charge in [-0.15, -0.1) is 0 Å². The van der Waals surface area contributed by atoms with E-state index in [0.29, 0.717) is 6.42 Å². The zero-order valence-electron chi connectivity index (χ0n) is 36.6. The fraction of sp³-hybridized carbons (Fsp3) is 0.976. The van der Waals surface area contributed by atoms with Gasteiger partial charge < -0.3 is 63.8 Å². The van der Waals surface area contributed by atoms with Crippen molar-refractivity contribution in [3.8, 4) is 0 Å². The number of carbonyl (C=O) groups excluding carboxylic acids is 1. The van der Waals surface area contributed by atoms with E-state index in [2.05, 4.69) is 4.90 Å². The van der Waals surface area contributed by atoms with Gasteiger partial charge in [-0.25, -0.2) is 0 Å². The summed E-state index contributed by atoms with van der Waals surface area (Å²) in [5.74, 6) is -3.27. The van der Waals surface area contributed by atoms with Gasteiger partial charge in [0.2, 0.25) is 0 Å². The van der Waals surface area contributed by atoms with Gasteiger partial charge in [0.25, 0.3) is 0 Å². The second-order valence-electron chi connectivity index (χ2n) is 18.5. The lowest BCUT2D eigenvalue weighted by Gasteiger charge is -2.50. The molecule has 3 aliphatic rings. The molecule has 3 fully saturated rings. The number of rotatable bonds is 9. The van der Waals surface area contributed by atoms with Gasteiger partial charge in [0, 0.05) is 43.5 Å². The van der Waals surface area contributed by atoms with Crippen molar-refractivity contribution in [3.05, 3.63) is 0 Å². The van der Waals surface area contributed by atoms with Crippen molar-refractivity contribution in [1.82, 2.24) is 9.80 Å². The Hall–Kier alpha value is -1.01. The summed E-state index contributed by atoms with van der Waals surface area (Å²) in [4.78, 5) is 18.4. The third-order valence-corrected chi connectivity index (χ3v) is 13.3. The quantitative estimate of drug-likeness (QED) is 0.215. The van der Waals surface area contributed by atoms with E-state index in [1.807, 2.05) is 67.6 Å². The molecule has 2 unspecified atom stereocenters. The lowest BCUT2D eigenvalue weighted by atomic mass is 9.72. The summed E-state index contributed by atoms with van der Waals surface area (Å²) < 4.78 is 37.9. The smallest absolute Gasteiger partial charge is 0.311 e. The number of hydrogen-bond donors (Lipinski definition) is 5. The van der Waals surface area contributed by atoms with E-state index in [0.717, 1.165) is 0 Å². The number of carbonyl (C=O) groups is 1. The van der Waals surface area contributed by atoms with Crippen molar-refractivity contribution < 1.29 is 58.7 Å². The van der Waals surface area contributed by atoms with Crippen LogP contribution in [0.5, 0.6) is 0 Å². The predicted octanol–water partition coefficient (Wildman–Crippen LogP) is 2.93. The molecule has 0 amide bonds. The third kappa shape index (κ3) is 10.6. The summed E-state index contributed by atoms with van der Waals surface area (Å²) in [6.45, 7) is 21.9. The molecule has 3 aliphatic heterocycles. The molecule has 5 N–H and O–H groups in total. The Kier molecular flexibility index (Phi) is 16.6. The van der Waals surface area contributed by atoms with Crippen LogP contribution in [0.25, 0.3) is 0 Å². The minimum absolute atomic E-state index is 0.0460. The molecule has 0 aromatic carbocycles. The number of ether oxygens (including phenoxy) is 6. The molecule has 3 rings (SSSR count). The molecular formula is C41H78N2O12. The Labute approximate surface area is 331 Å². The topological polar surface area (TPSA) is 180 Å². The van der Waals surface area contributed by atoms with Crippen molar-refractivity contribution >= 4 is 5.97 Å². The van der Waals surface area contributed by atoms with Crippen LogP contribution in [-0.2, 0) is 33.2 Å². The third-order valence-electron chi connectivity index (χ3n) is 13.3. The number of methoxy groups -OCH3 is 1. The number of hydrogen-bond acceptors (Lipinski definition) is 14. The molecule has 0 aromatic rings. The standard InChI is InChI=1S/C41H78N2O12/c1-17-29-41(12,49)34(45)24(6)31(43(15)21(2)3)22(4)19-39(10,48)36(55-38-32(44)28(42(13)14)18-23(5)51-38)25(7)33(26(8)37(47)53-29)54-30-20-40(11,50-16)35(46)27(9)52-30/h21-36,38,44-46,48-49H,17-20H2,1-16H3/t22-,23-,24+,25+,26-,27+,28+,29?,30+,31+,32-,33?,34-,35+,36-,38+,39-,40-,41-/m1/s1. The molecular weight excluding hydrogens is 712 g/mol. The summed E-state index contributed by atoms with van der Waals surface area (Å²) in [7, 11) is 7.25. The molecule has 0 aliphatic carbocycles. The zero-order chi connectivity index (χ0) is 42.1. The lowest BCUT2D eigenvalue weighted by molar-refractivity contribution is -0.318. The molecule has 0 bridgehead atoms. The van der Waals surface area contributed by atoms with Crippen LogP contribution in [0.3, 0.4) is 0 Å². The van der Waals surface area contributed by atoms with Crippen LogP contribution >= 0.6 is 0 Å². The number of nitrogens with zero attached hydrogens (tertiary/aromatic N) is 2. The van der Waals surface area contributed by atoms with E-state index in [4.69, 9.17) is 28.4 Å². The van der Waals surface area contributed by atoms with Gasteiger partial charge in [0.05, 0.1) is 47.6 Å². The first-order valence-electron chi connectivity index (χ1n) is 20.5. The van der Waals surface area contributed by atoms with E-state index < -0.39 is 95.8 Å². The Bertz CT molecular complexity index is 1220. The van der Waals surface area contributed by atoms with Gasteiger partial charge in [-0.2, -0.15) is 0 Å². The molecule has 324 valence electrons. The van der Waals surface area contributed by atoms with Crippen LogP contribution in [0.2, 0.25) is 0 Å². The van der Waals surface area contributed by atoms with Crippen LogP contribution < -0.4 is 0 Å². The monoisotopic (exact) mass is 791 g/mol. The van der Waals surface area contributed by atoms with Gasteiger partial charge in [-0.05, 0) is 102 Å². The van der Waals surface area contributed by atoms with E-state index in [9.17, 15) is 30.3 Å². The van der Waals surface area contributed by atoms with Crippen molar-refractivity contribution in [2.75, 3.05) is 28.3 Å². The highest BCUT2D eigenvalue weighted by Crippen LogP contribution is 2.42. The van der Waals surface area contributed by atoms with E-state index in [1.54, 1.807) is 34.6 Å². The fourth-order valence-electron chi connectivity index (χ4n) is 9.71. The Morgan fingerprint density at radius 2 is 1.49 bits per heavy atom. The maximum absolute atomic E-state index is 14.3. The SMILES string of the molecule is CCC1OC(=O)[C@H](C)C(O[C@H]2C[C@@](C)(OC)[C@@H](O)[C@H](C)O2)[C@H](C)[C@@H](O[C@@H]2O[C@H](C)C[C@H](N(C)C)[C@H]2O)[C@](C)(O)C[C@@H](C)[C@H](N(C)C(C)C)[C@H](C)[C@@H](O)[C@]1(C)O. The molecule has 3 heterocycles. The molecule has 0 aromatic heterocycles. The number of aliphatic hydroxyl groups is 5. The van der Waals surface area contributed by atoms with E-state index in [-0.39, 0.29) is 49.4 Å². The number of aliphatic hydroxyl groups excluding tert-OH is 3. The molecule has 55 heavy (non-hydrogen) atoms. The van der Waals surface area contributed by atoms with Crippen molar-refractivity contribution in [2.45, 2.75) is 205 Å². The second kappa shape index (κ2) is 18.9. The molecule has 14 heteroatoms. The maximum atomic E-state index is 14.3. The summed E-state index contributed by atoms with van der Waals surface area (Å²) >= 11 is 0. The second-order valence-corrected chi connectivity index (χ2v) is 18.5. The minimum Gasteiger partial charge on any atom is -0.459 e. The van der Waals surface area contributed by atoms with Crippen LogP contribution in [0.15, 0.2) is 0 Å². The molecule has 0 saturated carbocycles. The zero-order valence-corrected chi connectivity index (χ0v) is 36.6. The highest BCUT2D eigenvalue weighted by Gasteiger charge is 2.54. The highest BCUT2D eigenvalue weighted by atomic mass is 16.7. The Morgan fingerprint density at radius 1 is 0.891 bits per heavy atom. The summed E-state index contributed by atoms with van der Waals surface area (Å²) in [6.07, 6.45) is -8.41. The van der Waals surface area contributed by atoms with Gasteiger partial charge in [-0.3, -0.25) is 4.79 Å². The predicted molar refractivity (Wildman–Crippen MR) is 208 cm³/mol. The molecule has 3 saturated heterocycles. The van der Waals surface area contributed by atoms with Crippen LogP contribution in [0.1, 0.15) is 109 Å². The van der Waals surface area contributed by atoms with Crippen LogP contribution in [0.4, 0.5) is 0 Å². The average Bonchev–Trinajstić information content (AvgIpc) is 3.09. The van der Waals surface area contributed by atoms with Crippen molar-refractivity contribution in [2.24, 2.45) is 23.7 Å². The van der Waals surface area contributed by atoms with Gasteiger partial charge in [-0.1, -0.05) is 27.7 Å². The molecule has 19 atom stereocenters. The summed E-state index contributed by atoms with van der Waals surface area (Å²) in [5, 5.41) is 59.4. The largest absolute Gasteiger partial charge is 0.459 e. The van der Waals surface area contributed by atoms with Crippen molar-refractivity contribution in [1.29, 1.82) is 0 Å². The first-order valence-corrected chi connectivity index (χ1v) is 20.5. The summed E-state index contributed by atoms with van der Waals surface area (Å²) in [6, 6.07) is -0.589. The first kappa shape index (κ1) is 48.4. The normalized spacial score (nSPS) is 48.5. The average molecular weight is 791 g/mol. The van der Waals surface area contributed by atoms with Crippen molar-refractivity contribution in [3.63, 3.8) is 0 Å². The molecule has 0 radical (unpaired) electrons. The van der Waals surface area contributed by atoms with Crippen LogP contribution in [0, 0.1) is 23.7 Å². The fourth-order valence-corrected chi connectivity index (χ4v) is 9.71. The maximum Gasteiger partial charge on any atom is 0.311 e. The Morgan fingerprint density at radius 3 is 2.02 bits per heavy atom. The molecule has 14 nitrogen and oxygen atoms in total. The van der Waals surface area contributed by atoms with Crippen LogP contribution in [-0.4, -0.2) is 166 Å². The van der Waals surface area contributed by atoms with E-state index >= 15 is 0 Å². The van der Waals surface area contributed by atoms with Gasteiger partial charge in [0.1, 0.15) is 23.9 Å². The minimum atomic E-state index is -1.83. The highest BCUT2D eigenvalue weighted by molar-refractivity contribution is 5.73. The summed E-state index contributed by atoms with van der Waals surface area (Å²) in [5.41, 5.74) is -4.48. The number of likely N-dealkylation sites (N-methyl/N-ethyl adjacent to an activating group) is 1. The van der Waals surface area contributed by atoms with Gasteiger partial charge in [0.15, 0.2) is 12.6 Å². The number of cyclic esters (lactones) is 1.